The smallest absolute Gasteiger partial charge is 0.329 e. The zero-order valence-electron chi connectivity index (χ0n) is 12.6. The molecule has 1 aromatic carbocycles. The van der Waals surface area contributed by atoms with Crippen LogP contribution in [0.4, 0.5) is 5.69 Å². The second-order valence-corrected chi connectivity index (χ2v) is 6.12. The number of nitro benzene ring substituents is 1. The molecule has 0 aliphatic heterocycles. The fourth-order valence-corrected chi connectivity index (χ4v) is 3.21. The van der Waals surface area contributed by atoms with E-state index in [9.17, 15) is 24.8 Å². The molecule has 0 heterocycles. The molecule has 2 rings (SSSR count). The Morgan fingerprint density at radius 1 is 1.30 bits per heavy atom. The average Bonchev–Trinajstić information content (AvgIpc) is 2.53. The van der Waals surface area contributed by atoms with Gasteiger partial charge in [-0.1, -0.05) is 30.9 Å². The van der Waals surface area contributed by atoms with Gasteiger partial charge >= 0.3 is 5.97 Å². The van der Waals surface area contributed by atoms with Gasteiger partial charge in [-0.15, -0.1) is 0 Å². The number of aliphatic carboxylic acids is 1. The van der Waals surface area contributed by atoms with E-state index in [1.165, 1.54) is 19.2 Å². The Balaban J connectivity index is 2.43. The molecule has 0 aromatic heterocycles. The maximum absolute atomic E-state index is 12.7. The van der Waals surface area contributed by atoms with Crippen LogP contribution in [0.5, 0.6) is 0 Å². The van der Waals surface area contributed by atoms with Gasteiger partial charge in [0.05, 0.1) is 4.92 Å². The lowest BCUT2D eigenvalue weighted by Gasteiger charge is -2.40. The van der Waals surface area contributed by atoms with Gasteiger partial charge in [0.2, 0.25) is 0 Å². The van der Waals surface area contributed by atoms with Crippen molar-refractivity contribution in [3.8, 4) is 0 Å². The molecule has 23 heavy (non-hydrogen) atoms. The summed E-state index contributed by atoms with van der Waals surface area (Å²) in [6, 6.07) is 3.73. The zero-order chi connectivity index (χ0) is 17.2. The largest absolute Gasteiger partial charge is 0.479 e. The summed E-state index contributed by atoms with van der Waals surface area (Å²) < 4.78 is 0. The Bertz CT molecular complexity index is 655. The number of amides is 1. The maximum atomic E-state index is 12.7. The molecule has 7 nitrogen and oxygen atoms in total. The summed E-state index contributed by atoms with van der Waals surface area (Å²) in [5.41, 5.74) is -1.90. The maximum Gasteiger partial charge on any atom is 0.329 e. The first-order valence-electron chi connectivity index (χ1n) is 7.25. The molecule has 124 valence electrons. The van der Waals surface area contributed by atoms with Crippen molar-refractivity contribution >= 4 is 29.2 Å². The van der Waals surface area contributed by atoms with Gasteiger partial charge in [-0.2, -0.15) is 0 Å². The number of carboxylic acids is 1. The number of nitro groups is 1. The van der Waals surface area contributed by atoms with E-state index in [4.69, 9.17) is 11.6 Å². The van der Waals surface area contributed by atoms with E-state index < -0.39 is 28.0 Å². The van der Waals surface area contributed by atoms with Crippen molar-refractivity contribution < 1.29 is 19.6 Å². The molecule has 1 N–H and O–H groups in total. The number of carbonyl (C=O) groups is 2. The van der Waals surface area contributed by atoms with Gasteiger partial charge in [0.1, 0.15) is 11.1 Å². The summed E-state index contributed by atoms with van der Waals surface area (Å²) in [6.07, 6.45) is 3.00. The molecular formula is C15H17ClN2O5. The van der Waals surface area contributed by atoms with Gasteiger partial charge in [0.15, 0.2) is 0 Å². The van der Waals surface area contributed by atoms with E-state index in [0.717, 1.165) is 17.4 Å². The number of nitrogens with zero attached hydrogens (tertiary/aromatic N) is 2. The van der Waals surface area contributed by atoms with Crippen LogP contribution in [-0.4, -0.2) is 39.4 Å². The van der Waals surface area contributed by atoms with Crippen molar-refractivity contribution in [2.24, 2.45) is 0 Å². The minimum atomic E-state index is -1.32. The van der Waals surface area contributed by atoms with Gasteiger partial charge < -0.3 is 10.0 Å². The highest BCUT2D eigenvalue weighted by Gasteiger charge is 2.46. The van der Waals surface area contributed by atoms with Crippen molar-refractivity contribution in [2.45, 2.75) is 37.6 Å². The molecule has 0 spiro atoms. The van der Waals surface area contributed by atoms with Crippen LogP contribution >= 0.6 is 11.6 Å². The van der Waals surface area contributed by atoms with Crippen LogP contribution < -0.4 is 0 Å². The highest BCUT2D eigenvalue weighted by atomic mass is 35.5. The van der Waals surface area contributed by atoms with E-state index in [0.29, 0.717) is 25.7 Å². The van der Waals surface area contributed by atoms with Gasteiger partial charge in [0, 0.05) is 18.1 Å². The molecule has 1 amide bonds. The molecular weight excluding hydrogens is 324 g/mol. The van der Waals surface area contributed by atoms with Gasteiger partial charge in [0.25, 0.3) is 11.6 Å². The normalized spacial score (nSPS) is 16.6. The standard InChI is InChI=1S/C15H17ClN2O5/c1-17(15(14(20)21)7-3-2-4-8-15)13(19)11-6-5-10(16)9-12(11)18(22)23/h5-6,9H,2-4,7-8H2,1H3,(H,20,21). The average molecular weight is 341 g/mol. The summed E-state index contributed by atoms with van der Waals surface area (Å²) in [5, 5.41) is 20.9. The first-order chi connectivity index (χ1) is 10.8. The van der Waals surface area contributed by atoms with Gasteiger partial charge in [-0.05, 0) is 25.0 Å². The van der Waals surface area contributed by atoms with Crippen LogP contribution in [0, 0.1) is 10.1 Å². The molecule has 1 saturated carbocycles. The Hall–Kier alpha value is -2.15. The van der Waals surface area contributed by atoms with E-state index in [1.54, 1.807) is 0 Å². The van der Waals surface area contributed by atoms with E-state index in [1.807, 2.05) is 0 Å². The van der Waals surface area contributed by atoms with Crippen molar-refractivity contribution in [3.63, 3.8) is 0 Å². The highest BCUT2D eigenvalue weighted by molar-refractivity contribution is 6.31. The predicted octanol–water partition coefficient (Wildman–Crippen LogP) is 3.11. The van der Waals surface area contributed by atoms with Crippen LogP contribution in [0.1, 0.15) is 42.5 Å². The highest BCUT2D eigenvalue weighted by Crippen LogP contribution is 2.35. The van der Waals surface area contributed by atoms with E-state index >= 15 is 0 Å². The third kappa shape index (κ3) is 3.14. The van der Waals surface area contributed by atoms with E-state index in [2.05, 4.69) is 0 Å². The van der Waals surface area contributed by atoms with Crippen LogP contribution in [0.3, 0.4) is 0 Å². The Kier molecular flexibility index (Phi) is 4.89. The number of hydrogen-bond acceptors (Lipinski definition) is 4. The van der Waals surface area contributed by atoms with Crippen molar-refractivity contribution in [1.29, 1.82) is 0 Å². The van der Waals surface area contributed by atoms with Crippen LogP contribution in [0.25, 0.3) is 0 Å². The minimum absolute atomic E-state index is 0.140. The van der Waals surface area contributed by atoms with Crippen LogP contribution in [-0.2, 0) is 4.79 Å². The summed E-state index contributed by atoms with van der Waals surface area (Å²) in [4.78, 5) is 36.1. The molecule has 0 saturated heterocycles. The lowest BCUT2D eigenvalue weighted by molar-refractivity contribution is -0.385. The first kappa shape index (κ1) is 17.2. The summed E-state index contributed by atoms with van der Waals surface area (Å²) >= 11 is 5.75. The number of halogens is 1. The monoisotopic (exact) mass is 340 g/mol. The quantitative estimate of drug-likeness (QED) is 0.670. The number of benzene rings is 1. The topological polar surface area (TPSA) is 101 Å². The number of rotatable bonds is 4. The first-order valence-corrected chi connectivity index (χ1v) is 7.63. The molecule has 0 unspecified atom stereocenters. The van der Waals surface area contributed by atoms with Crippen LogP contribution in [0.15, 0.2) is 18.2 Å². The second kappa shape index (κ2) is 6.54. The lowest BCUT2D eigenvalue weighted by atomic mass is 9.80. The van der Waals surface area contributed by atoms with Crippen molar-refractivity contribution in [3.05, 3.63) is 38.9 Å². The van der Waals surface area contributed by atoms with Gasteiger partial charge in [-0.3, -0.25) is 14.9 Å². The molecule has 8 heteroatoms. The molecule has 1 aliphatic carbocycles. The van der Waals surface area contributed by atoms with Crippen LogP contribution in [0.2, 0.25) is 5.02 Å². The molecule has 1 fully saturated rings. The Labute approximate surface area is 138 Å². The molecule has 0 bridgehead atoms. The third-order valence-corrected chi connectivity index (χ3v) is 4.65. The predicted molar refractivity (Wildman–Crippen MR) is 83.7 cm³/mol. The summed E-state index contributed by atoms with van der Waals surface area (Å²) in [6.45, 7) is 0. The summed E-state index contributed by atoms with van der Waals surface area (Å²) in [5.74, 6) is -1.76. The third-order valence-electron chi connectivity index (χ3n) is 4.41. The molecule has 1 aromatic rings. The van der Waals surface area contributed by atoms with Gasteiger partial charge in [-0.25, -0.2) is 4.79 Å². The zero-order valence-corrected chi connectivity index (χ0v) is 13.4. The second-order valence-electron chi connectivity index (χ2n) is 5.68. The number of carbonyl (C=O) groups excluding carboxylic acids is 1. The SMILES string of the molecule is CN(C(=O)c1ccc(Cl)cc1[N+](=O)[O-])C1(C(=O)O)CCCCC1. The number of hydrogen-bond donors (Lipinski definition) is 1. The fourth-order valence-electron chi connectivity index (χ4n) is 3.04. The number of likely N-dealkylation sites (N-methyl/N-ethyl adjacent to an activating group) is 1. The van der Waals surface area contributed by atoms with Crippen molar-refractivity contribution in [1.82, 2.24) is 4.90 Å². The Morgan fingerprint density at radius 3 is 2.43 bits per heavy atom. The lowest BCUT2D eigenvalue weighted by Crippen LogP contribution is -2.56. The molecule has 1 aliphatic rings. The summed E-state index contributed by atoms with van der Waals surface area (Å²) in [7, 11) is 1.39. The minimum Gasteiger partial charge on any atom is -0.479 e. The fraction of sp³-hybridized carbons (Fsp3) is 0.467. The Morgan fingerprint density at radius 2 is 1.91 bits per heavy atom. The molecule has 0 atom stereocenters. The van der Waals surface area contributed by atoms with Crippen molar-refractivity contribution in [2.75, 3.05) is 7.05 Å². The molecule has 0 radical (unpaired) electrons. The number of carboxylic acid groups (broad SMARTS) is 1. The van der Waals surface area contributed by atoms with E-state index in [-0.39, 0.29) is 10.6 Å².